The summed E-state index contributed by atoms with van der Waals surface area (Å²) in [7, 11) is 0. The van der Waals surface area contributed by atoms with Crippen molar-refractivity contribution >= 4 is 11.6 Å². The summed E-state index contributed by atoms with van der Waals surface area (Å²) >= 11 is 0. The second-order valence-electron chi connectivity index (χ2n) is 2.69. The summed E-state index contributed by atoms with van der Waals surface area (Å²) in [5.41, 5.74) is 2.10. The van der Waals surface area contributed by atoms with Crippen molar-refractivity contribution in [3.05, 3.63) is 29.8 Å². The van der Waals surface area contributed by atoms with Crippen molar-refractivity contribution in [2.75, 3.05) is 5.32 Å². The molecule has 0 saturated carbocycles. The lowest BCUT2D eigenvalue weighted by molar-refractivity contribution is -0.114. The summed E-state index contributed by atoms with van der Waals surface area (Å²) in [6.45, 7) is 3.59. The summed E-state index contributed by atoms with van der Waals surface area (Å²) in [4.78, 5) is 10.8. The van der Waals surface area contributed by atoms with Crippen LogP contribution in [0.2, 0.25) is 0 Å². The van der Waals surface area contributed by atoms with E-state index in [1.165, 1.54) is 12.5 Å². The molecule has 1 aromatic rings. The highest BCUT2D eigenvalue weighted by atomic mass is 16.1. The van der Waals surface area contributed by atoms with E-state index in [4.69, 9.17) is 0 Å². The van der Waals surface area contributed by atoms with Gasteiger partial charge in [-0.3, -0.25) is 4.79 Å². The Morgan fingerprint density at radius 3 is 2.75 bits per heavy atom. The minimum absolute atomic E-state index is 0. The molecule has 0 saturated heterocycles. The summed E-state index contributed by atoms with van der Waals surface area (Å²) in [6.07, 6.45) is 0.941. The first-order valence-electron chi connectivity index (χ1n) is 4.09. The van der Waals surface area contributed by atoms with Crippen molar-refractivity contribution in [2.45, 2.75) is 20.3 Å². The molecule has 0 spiro atoms. The Morgan fingerprint density at radius 1 is 1.50 bits per heavy atom. The average Bonchev–Trinajstić information content (AvgIpc) is 2.04. The molecule has 0 aromatic heterocycles. The number of amides is 1. The highest BCUT2D eigenvalue weighted by Crippen LogP contribution is 2.14. The van der Waals surface area contributed by atoms with E-state index < -0.39 is 0 Å². The molecule has 0 aliphatic carbocycles. The normalized spacial score (nSPS) is 9.50. The molecular weight excluding hydrogens is 150 g/mol. The topological polar surface area (TPSA) is 29.1 Å². The number of carbonyl (C=O) groups is 1. The second kappa shape index (κ2) is 3.90. The molecule has 0 aliphatic heterocycles. The Morgan fingerprint density at radius 2 is 2.17 bits per heavy atom. The Hall–Kier alpha value is -1.31. The molecule has 0 aliphatic rings. The SMILES string of the molecule is CCc1ccccc1NC(C)=O.[HH]. The fourth-order valence-electron chi connectivity index (χ4n) is 1.14. The quantitative estimate of drug-likeness (QED) is 0.716. The predicted octanol–water partition coefficient (Wildman–Crippen LogP) is 2.45. The Labute approximate surface area is 74.1 Å². The van der Waals surface area contributed by atoms with Gasteiger partial charge in [-0.25, -0.2) is 0 Å². The summed E-state index contributed by atoms with van der Waals surface area (Å²) < 4.78 is 0. The number of benzene rings is 1. The van der Waals surface area contributed by atoms with Gasteiger partial charge in [-0.05, 0) is 18.1 Å². The lowest BCUT2D eigenvalue weighted by Gasteiger charge is -2.06. The summed E-state index contributed by atoms with van der Waals surface area (Å²) in [6, 6.07) is 7.83. The number of rotatable bonds is 2. The van der Waals surface area contributed by atoms with Crippen LogP contribution in [0.15, 0.2) is 24.3 Å². The van der Waals surface area contributed by atoms with Gasteiger partial charge in [0.25, 0.3) is 0 Å². The van der Waals surface area contributed by atoms with Crippen LogP contribution in [-0.4, -0.2) is 5.91 Å². The Bertz CT molecular complexity index is 286. The zero-order chi connectivity index (χ0) is 8.97. The second-order valence-corrected chi connectivity index (χ2v) is 2.69. The maximum Gasteiger partial charge on any atom is 0.221 e. The maximum absolute atomic E-state index is 10.8. The number of nitrogens with one attached hydrogen (secondary N) is 1. The van der Waals surface area contributed by atoms with Crippen LogP contribution in [0.1, 0.15) is 20.8 Å². The molecule has 0 atom stereocenters. The van der Waals surface area contributed by atoms with Gasteiger partial charge in [0.2, 0.25) is 5.91 Å². The van der Waals surface area contributed by atoms with E-state index in [-0.39, 0.29) is 7.33 Å². The van der Waals surface area contributed by atoms with Crippen LogP contribution in [-0.2, 0) is 11.2 Å². The Kier molecular flexibility index (Phi) is 2.86. The fraction of sp³-hybridized carbons (Fsp3) is 0.300. The van der Waals surface area contributed by atoms with Gasteiger partial charge in [0.05, 0.1) is 0 Å². The van der Waals surface area contributed by atoms with E-state index >= 15 is 0 Å². The van der Waals surface area contributed by atoms with Gasteiger partial charge < -0.3 is 5.32 Å². The fourth-order valence-corrected chi connectivity index (χ4v) is 1.14. The van der Waals surface area contributed by atoms with Crippen molar-refractivity contribution in [3.63, 3.8) is 0 Å². The maximum atomic E-state index is 10.8. The highest BCUT2D eigenvalue weighted by Gasteiger charge is 1.99. The molecule has 1 amide bonds. The minimum Gasteiger partial charge on any atom is -0.326 e. The van der Waals surface area contributed by atoms with Crippen LogP contribution in [0, 0.1) is 0 Å². The minimum atomic E-state index is -0.0177. The molecule has 0 unspecified atom stereocenters. The number of hydrogen-bond donors (Lipinski definition) is 1. The third-order valence-corrected chi connectivity index (χ3v) is 1.71. The lowest BCUT2D eigenvalue weighted by Crippen LogP contribution is -2.07. The van der Waals surface area contributed by atoms with Gasteiger partial charge in [-0.2, -0.15) is 0 Å². The van der Waals surface area contributed by atoms with Crippen molar-refractivity contribution in [1.29, 1.82) is 0 Å². The molecule has 0 radical (unpaired) electrons. The summed E-state index contributed by atoms with van der Waals surface area (Å²) in [5, 5.41) is 2.79. The largest absolute Gasteiger partial charge is 0.326 e. The van der Waals surface area contributed by atoms with Gasteiger partial charge in [0, 0.05) is 14.0 Å². The zero-order valence-electron chi connectivity index (χ0n) is 7.42. The lowest BCUT2D eigenvalue weighted by atomic mass is 10.1. The standard InChI is InChI=1S/C10H13NO.H2/c1-3-9-6-4-5-7-10(9)11-8(2)12;/h4-7H,3H2,1-2H3,(H,11,12);1H. The predicted molar refractivity (Wildman–Crippen MR) is 52.2 cm³/mol. The molecular formula is C10H15NO. The molecule has 66 valence electrons. The number of para-hydroxylation sites is 1. The smallest absolute Gasteiger partial charge is 0.221 e. The molecule has 2 heteroatoms. The van der Waals surface area contributed by atoms with Crippen molar-refractivity contribution in [3.8, 4) is 0 Å². The molecule has 1 aromatic carbocycles. The first-order chi connectivity index (χ1) is 5.74. The van der Waals surface area contributed by atoms with Crippen molar-refractivity contribution < 1.29 is 6.22 Å². The van der Waals surface area contributed by atoms with E-state index in [2.05, 4.69) is 12.2 Å². The van der Waals surface area contributed by atoms with Gasteiger partial charge in [0.1, 0.15) is 0 Å². The van der Waals surface area contributed by atoms with Gasteiger partial charge in [0.15, 0.2) is 0 Å². The van der Waals surface area contributed by atoms with Crippen LogP contribution in [0.25, 0.3) is 0 Å². The van der Waals surface area contributed by atoms with Gasteiger partial charge >= 0.3 is 0 Å². The first-order valence-corrected chi connectivity index (χ1v) is 4.09. The first kappa shape index (κ1) is 8.78. The van der Waals surface area contributed by atoms with Crippen LogP contribution >= 0.6 is 0 Å². The molecule has 0 bridgehead atoms. The monoisotopic (exact) mass is 165 g/mol. The molecule has 0 heterocycles. The number of carbonyl (C=O) groups excluding carboxylic acids is 1. The van der Waals surface area contributed by atoms with E-state index in [0.717, 1.165) is 12.1 Å². The van der Waals surface area contributed by atoms with Crippen LogP contribution < -0.4 is 5.32 Å². The number of hydrogen-bond acceptors (Lipinski definition) is 1. The van der Waals surface area contributed by atoms with Crippen LogP contribution in [0.4, 0.5) is 5.69 Å². The average molecular weight is 165 g/mol. The number of aryl methyl sites for hydroxylation is 1. The molecule has 2 nitrogen and oxygen atoms in total. The van der Waals surface area contributed by atoms with Crippen LogP contribution in [0.3, 0.4) is 0 Å². The molecule has 12 heavy (non-hydrogen) atoms. The third kappa shape index (κ3) is 2.09. The zero-order valence-corrected chi connectivity index (χ0v) is 7.42. The third-order valence-electron chi connectivity index (χ3n) is 1.71. The molecule has 0 fully saturated rings. The van der Waals surface area contributed by atoms with Gasteiger partial charge in [-0.1, -0.05) is 25.1 Å². The van der Waals surface area contributed by atoms with E-state index in [0.29, 0.717) is 0 Å². The van der Waals surface area contributed by atoms with E-state index in [1.54, 1.807) is 0 Å². The number of anilines is 1. The van der Waals surface area contributed by atoms with Crippen LogP contribution in [0.5, 0.6) is 0 Å². The van der Waals surface area contributed by atoms with Gasteiger partial charge in [-0.15, -0.1) is 0 Å². The highest BCUT2D eigenvalue weighted by molar-refractivity contribution is 5.89. The summed E-state index contributed by atoms with van der Waals surface area (Å²) in [5.74, 6) is -0.0177. The molecule has 1 N–H and O–H groups in total. The Balaban J connectivity index is 0.00000144. The van der Waals surface area contributed by atoms with E-state index in [1.807, 2.05) is 24.3 Å². The van der Waals surface area contributed by atoms with Crippen molar-refractivity contribution in [1.82, 2.24) is 0 Å². The van der Waals surface area contributed by atoms with Crippen molar-refractivity contribution in [2.24, 2.45) is 0 Å². The van der Waals surface area contributed by atoms with E-state index in [9.17, 15) is 4.79 Å². The molecule has 1 rings (SSSR count).